The van der Waals surface area contributed by atoms with E-state index in [1.807, 2.05) is 0 Å². The van der Waals surface area contributed by atoms with Crippen LogP contribution in [0.2, 0.25) is 0 Å². The van der Waals surface area contributed by atoms with Crippen molar-refractivity contribution in [2.45, 2.75) is 26.2 Å². The van der Waals surface area contributed by atoms with Gasteiger partial charge in [-0.3, -0.25) is 4.79 Å². The molecule has 0 bridgehead atoms. The third-order valence-corrected chi connectivity index (χ3v) is 2.06. The van der Waals surface area contributed by atoms with Crippen LogP contribution >= 0.6 is 15.9 Å². The van der Waals surface area contributed by atoms with Gasteiger partial charge in [0.2, 0.25) is 5.91 Å². The van der Waals surface area contributed by atoms with Crippen molar-refractivity contribution in [1.82, 2.24) is 5.32 Å². The van der Waals surface area contributed by atoms with E-state index in [0.29, 0.717) is 11.9 Å². The number of halogens is 1. The fourth-order valence-electron chi connectivity index (χ4n) is 0.798. The van der Waals surface area contributed by atoms with Gasteiger partial charge < -0.3 is 10.1 Å². The van der Waals surface area contributed by atoms with Gasteiger partial charge in [-0.15, -0.1) is 0 Å². The molecule has 0 aliphatic carbocycles. The molecular formula is C9H18BrNO2. The minimum atomic E-state index is 0.0357. The Balaban J connectivity index is 2.95. The molecule has 0 aliphatic rings. The Hall–Kier alpha value is -0.0900. The van der Waals surface area contributed by atoms with E-state index >= 15 is 0 Å². The standard InChI is InChI=1S/C9H18BrNO2/c1-2-3-6-13-7-4-5-11-9(12)8-10/h2-8H2,1H3,(H,11,12). The molecular weight excluding hydrogens is 234 g/mol. The van der Waals surface area contributed by atoms with E-state index in [4.69, 9.17) is 4.74 Å². The Bertz CT molecular complexity index is 131. The van der Waals surface area contributed by atoms with Crippen LogP contribution in [-0.2, 0) is 9.53 Å². The van der Waals surface area contributed by atoms with Crippen LogP contribution in [0.1, 0.15) is 26.2 Å². The molecule has 0 atom stereocenters. The molecule has 0 unspecified atom stereocenters. The summed E-state index contributed by atoms with van der Waals surface area (Å²) in [5.41, 5.74) is 0. The highest BCUT2D eigenvalue weighted by Gasteiger charge is 1.95. The van der Waals surface area contributed by atoms with Crippen LogP contribution in [0.15, 0.2) is 0 Å². The molecule has 4 heteroatoms. The van der Waals surface area contributed by atoms with Gasteiger partial charge >= 0.3 is 0 Å². The molecule has 1 N–H and O–H groups in total. The van der Waals surface area contributed by atoms with Crippen molar-refractivity contribution in [2.75, 3.05) is 25.1 Å². The van der Waals surface area contributed by atoms with Crippen LogP contribution < -0.4 is 5.32 Å². The number of amides is 1. The molecule has 0 aliphatic heterocycles. The molecule has 0 heterocycles. The lowest BCUT2D eigenvalue weighted by Crippen LogP contribution is -2.25. The second-order valence-electron chi connectivity index (χ2n) is 2.80. The summed E-state index contributed by atoms with van der Waals surface area (Å²) >= 11 is 3.07. The number of carbonyl (C=O) groups excluding carboxylic acids is 1. The predicted molar refractivity (Wildman–Crippen MR) is 57.1 cm³/mol. The van der Waals surface area contributed by atoms with Gasteiger partial charge in [0.1, 0.15) is 0 Å². The lowest BCUT2D eigenvalue weighted by Gasteiger charge is -2.04. The Morgan fingerprint density at radius 3 is 2.69 bits per heavy atom. The van der Waals surface area contributed by atoms with Gasteiger partial charge in [0.15, 0.2) is 0 Å². The van der Waals surface area contributed by atoms with Crippen molar-refractivity contribution < 1.29 is 9.53 Å². The minimum absolute atomic E-state index is 0.0357. The van der Waals surface area contributed by atoms with E-state index in [9.17, 15) is 4.79 Å². The summed E-state index contributed by atoms with van der Waals surface area (Å²) in [6, 6.07) is 0. The fourth-order valence-corrected chi connectivity index (χ4v) is 0.996. The predicted octanol–water partition coefficient (Wildman–Crippen LogP) is 1.70. The van der Waals surface area contributed by atoms with Crippen LogP contribution in [0.4, 0.5) is 0 Å². The van der Waals surface area contributed by atoms with E-state index in [-0.39, 0.29) is 5.91 Å². The number of unbranched alkanes of at least 4 members (excludes halogenated alkanes) is 1. The maximum atomic E-state index is 10.7. The van der Waals surface area contributed by atoms with Crippen LogP contribution in [-0.4, -0.2) is 31.0 Å². The summed E-state index contributed by atoms with van der Waals surface area (Å²) in [4.78, 5) is 10.7. The molecule has 13 heavy (non-hydrogen) atoms. The van der Waals surface area contributed by atoms with Gasteiger partial charge in [0, 0.05) is 19.8 Å². The van der Waals surface area contributed by atoms with E-state index in [0.717, 1.165) is 26.1 Å². The van der Waals surface area contributed by atoms with E-state index < -0.39 is 0 Å². The first-order valence-corrected chi connectivity index (χ1v) is 5.83. The summed E-state index contributed by atoms with van der Waals surface area (Å²) in [6.45, 7) is 4.42. The Kier molecular flexibility index (Phi) is 9.92. The third kappa shape index (κ3) is 9.83. The molecule has 0 saturated carbocycles. The fraction of sp³-hybridized carbons (Fsp3) is 0.889. The zero-order chi connectivity index (χ0) is 9.94. The molecule has 0 fully saturated rings. The lowest BCUT2D eigenvalue weighted by molar-refractivity contribution is -0.118. The van der Waals surface area contributed by atoms with E-state index in [1.165, 1.54) is 6.42 Å². The van der Waals surface area contributed by atoms with Gasteiger partial charge in [-0.2, -0.15) is 0 Å². The summed E-state index contributed by atoms with van der Waals surface area (Å²) in [5.74, 6) is 0.0357. The first kappa shape index (κ1) is 12.9. The van der Waals surface area contributed by atoms with Gasteiger partial charge in [-0.05, 0) is 12.8 Å². The number of nitrogens with one attached hydrogen (secondary N) is 1. The number of rotatable bonds is 8. The van der Waals surface area contributed by atoms with Crippen molar-refractivity contribution in [3.8, 4) is 0 Å². The first-order chi connectivity index (χ1) is 6.31. The van der Waals surface area contributed by atoms with Crippen molar-refractivity contribution >= 4 is 21.8 Å². The molecule has 0 spiro atoms. The molecule has 0 aromatic carbocycles. The number of carbonyl (C=O) groups is 1. The largest absolute Gasteiger partial charge is 0.381 e. The van der Waals surface area contributed by atoms with Gasteiger partial charge in [0.25, 0.3) is 0 Å². The average molecular weight is 252 g/mol. The highest BCUT2D eigenvalue weighted by Crippen LogP contribution is 1.89. The molecule has 0 radical (unpaired) electrons. The Morgan fingerprint density at radius 2 is 2.08 bits per heavy atom. The molecule has 0 aromatic rings. The molecule has 0 aromatic heterocycles. The molecule has 1 amide bonds. The SMILES string of the molecule is CCCCOCCCNC(=O)CBr. The minimum Gasteiger partial charge on any atom is -0.381 e. The van der Waals surface area contributed by atoms with Crippen LogP contribution in [0.3, 0.4) is 0 Å². The average Bonchev–Trinajstić information content (AvgIpc) is 2.16. The zero-order valence-electron chi connectivity index (χ0n) is 8.14. The topological polar surface area (TPSA) is 38.3 Å². The van der Waals surface area contributed by atoms with Gasteiger partial charge in [-0.1, -0.05) is 29.3 Å². The van der Waals surface area contributed by atoms with Crippen molar-refractivity contribution in [2.24, 2.45) is 0 Å². The highest BCUT2D eigenvalue weighted by molar-refractivity contribution is 9.09. The Labute approximate surface area is 88.4 Å². The summed E-state index contributed by atoms with van der Waals surface area (Å²) in [7, 11) is 0. The third-order valence-electron chi connectivity index (χ3n) is 1.55. The van der Waals surface area contributed by atoms with Gasteiger partial charge in [0.05, 0.1) is 5.33 Å². The number of hydrogen-bond donors (Lipinski definition) is 1. The van der Waals surface area contributed by atoms with Crippen LogP contribution in [0.5, 0.6) is 0 Å². The van der Waals surface area contributed by atoms with E-state index in [2.05, 4.69) is 28.2 Å². The molecule has 3 nitrogen and oxygen atoms in total. The number of alkyl halides is 1. The molecule has 0 saturated heterocycles. The number of ether oxygens (including phenoxy) is 1. The van der Waals surface area contributed by atoms with Crippen molar-refractivity contribution in [3.63, 3.8) is 0 Å². The lowest BCUT2D eigenvalue weighted by atomic mass is 10.4. The Morgan fingerprint density at radius 1 is 1.38 bits per heavy atom. The summed E-state index contributed by atoms with van der Waals surface area (Å²) < 4.78 is 5.33. The van der Waals surface area contributed by atoms with E-state index in [1.54, 1.807) is 0 Å². The zero-order valence-corrected chi connectivity index (χ0v) is 9.73. The summed E-state index contributed by atoms with van der Waals surface area (Å²) in [6.07, 6.45) is 3.18. The molecule has 0 rings (SSSR count). The first-order valence-electron chi connectivity index (χ1n) is 4.71. The smallest absolute Gasteiger partial charge is 0.230 e. The van der Waals surface area contributed by atoms with Crippen molar-refractivity contribution in [1.29, 1.82) is 0 Å². The normalized spacial score (nSPS) is 10.0. The summed E-state index contributed by atoms with van der Waals surface area (Å²) in [5, 5.41) is 3.14. The second-order valence-corrected chi connectivity index (χ2v) is 3.36. The quantitative estimate of drug-likeness (QED) is 0.527. The van der Waals surface area contributed by atoms with Crippen molar-refractivity contribution in [3.05, 3.63) is 0 Å². The highest BCUT2D eigenvalue weighted by atomic mass is 79.9. The van der Waals surface area contributed by atoms with Gasteiger partial charge in [-0.25, -0.2) is 0 Å². The maximum absolute atomic E-state index is 10.7. The van der Waals surface area contributed by atoms with Crippen LogP contribution in [0.25, 0.3) is 0 Å². The maximum Gasteiger partial charge on any atom is 0.230 e. The second kappa shape index (κ2) is 9.99. The molecule has 78 valence electrons. The number of hydrogen-bond acceptors (Lipinski definition) is 2. The monoisotopic (exact) mass is 251 g/mol. The van der Waals surface area contributed by atoms with Crippen LogP contribution in [0, 0.1) is 0 Å².